The van der Waals surface area contributed by atoms with E-state index in [4.69, 9.17) is 20.8 Å². The van der Waals surface area contributed by atoms with Gasteiger partial charge >= 0.3 is 0 Å². The van der Waals surface area contributed by atoms with Crippen LogP contribution in [0, 0.1) is 0 Å². The Labute approximate surface area is 173 Å². The molecule has 0 aliphatic carbocycles. The van der Waals surface area contributed by atoms with Gasteiger partial charge in [-0.15, -0.1) is 11.3 Å². The summed E-state index contributed by atoms with van der Waals surface area (Å²) in [6, 6.07) is 11.4. The van der Waals surface area contributed by atoms with Gasteiger partial charge in [0.05, 0.1) is 24.1 Å². The largest absolute Gasteiger partial charge is 0.497 e. The number of carbonyl (C=O) groups excluding carboxylic acids is 1. The second-order valence-electron chi connectivity index (χ2n) is 6.48. The maximum absolute atomic E-state index is 13.4. The van der Waals surface area contributed by atoms with E-state index in [1.807, 2.05) is 12.1 Å². The van der Waals surface area contributed by atoms with Gasteiger partial charge < -0.3 is 9.15 Å². The number of hydrogen-bond donors (Lipinski definition) is 0. The van der Waals surface area contributed by atoms with E-state index in [1.54, 1.807) is 49.0 Å². The first kappa shape index (κ1) is 17.9. The highest BCUT2D eigenvalue weighted by atomic mass is 35.5. The molecule has 0 unspecified atom stereocenters. The summed E-state index contributed by atoms with van der Waals surface area (Å²) in [5.41, 5.74) is 1.02. The Hall–Kier alpha value is -3.16. The van der Waals surface area contributed by atoms with Gasteiger partial charge in [0.1, 0.15) is 11.3 Å². The lowest BCUT2D eigenvalue weighted by Crippen LogP contribution is -2.29. The predicted octanol–water partition coefficient (Wildman–Crippen LogP) is 4.66. The smallest absolute Gasteiger partial charge is 0.297 e. The summed E-state index contributed by atoms with van der Waals surface area (Å²) in [7, 11) is 1.56. The number of rotatable bonds is 3. The highest BCUT2D eigenvalue weighted by Crippen LogP contribution is 2.42. The monoisotopic (exact) mass is 424 g/mol. The molecule has 0 saturated carbocycles. The molecule has 1 amide bonds. The fraction of sp³-hybridized carbons (Fsp3) is 0.0952. The molecular formula is C21H13ClN2O4S. The Morgan fingerprint density at radius 1 is 1.21 bits per heavy atom. The summed E-state index contributed by atoms with van der Waals surface area (Å²) in [5.74, 6) is 0.236. The molecule has 4 aromatic rings. The van der Waals surface area contributed by atoms with Gasteiger partial charge in [-0.2, -0.15) is 0 Å². The van der Waals surface area contributed by atoms with Crippen LogP contribution in [0.15, 0.2) is 63.3 Å². The fourth-order valence-corrected chi connectivity index (χ4v) is 4.44. The number of fused-ring (bicyclic) bond motifs is 2. The number of halogens is 1. The number of thiazole rings is 1. The molecule has 2 aromatic carbocycles. The molecule has 8 heteroatoms. The van der Waals surface area contributed by atoms with Crippen LogP contribution in [0.4, 0.5) is 5.13 Å². The minimum absolute atomic E-state index is 0.0212. The maximum atomic E-state index is 13.4. The van der Waals surface area contributed by atoms with Crippen LogP contribution >= 0.6 is 22.9 Å². The number of methoxy groups -OCH3 is 1. The SMILES string of the molecule is COc1cccc([C@H]2c3c(oc4ccc(Cl)cc4c3=O)C(=O)N2c2nccs2)c1. The third kappa shape index (κ3) is 2.73. The normalized spacial score (nSPS) is 15.7. The lowest BCUT2D eigenvalue weighted by molar-refractivity contribution is 0.0971. The molecule has 1 aliphatic rings. The van der Waals surface area contributed by atoms with Gasteiger partial charge in [-0.25, -0.2) is 4.98 Å². The van der Waals surface area contributed by atoms with Crippen LogP contribution in [-0.4, -0.2) is 18.0 Å². The van der Waals surface area contributed by atoms with E-state index in [-0.39, 0.29) is 16.8 Å². The van der Waals surface area contributed by atoms with Crippen LogP contribution in [-0.2, 0) is 0 Å². The average Bonchev–Trinajstić information content (AvgIpc) is 3.35. The fourth-order valence-electron chi connectivity index (χ4n) is 3.60. The van der Waals surface area contributed by atoms with Gasteiger partial charge in [0.2, 0.25) is 5.76 Å². The highest BCUT2D eigenvalue weighted by molar-refractivity contribution is 7.13. The van der Waals surface area contributed by atoms with Crippen LogP contribution in [0.1, 0.15) is 27.7 Å². The summed E-state index contributed by atoms with van der Waals surface area (Å²) in [5, 5.41) is 3.01. The Kier molecular flexibility index (Phi) is 4.15. The average molecular weight is 425 g/mol. The van der Waals surface area contributed by atoms with Crippen LogP contribution in [0.25, 0.3) is 11.0 Å². The summed E-state index contributed by atoms with van der Waals surface area (Å²) in [6.07, 6.45) is 1.62. The number of nitrogens with zero attached hydrogens (tertiary/aromatic N) is 2. The Balaban J connectivity index is 1.83. The minimum atomic E-state index is -0.682. The van der Waals surface area contributed by atoms with Crippen molar-refractivity contribution in [3.05, 3.63) is 86.2 Å². The van der Waals surface area contributed by atoms with E-state index in [1.165, 1.54) is 16.2 Å². The van der Waals surface area contributed by atoms with Gasteiger partial charge in [0, 0.05) is 16.6 Å². The van der Waals surface area contributed by atoms with Crippen molar-refractivity contribution in [2.45, 2.75) is 6.04 Å². The number of aromatic nitrogens is 1. The Morgan fingerprint density at radius 3 is 2.83 bits per heavy atom. The maximum Gasteiger partial charge on any atom is 0.297 e. The van der Waals surface area contributed by atoms with Crippen molar-refractivity contribution in [3.63, 3.8) is 0 Å². The number of carbonyl (C=O) groups is 1. The summed E-state index contributed by atoms with van der Waals surface area (Å²) in [6.45, 7) is 0. The minimum Gasteiger partial charge on any atom is -0.497 e. The molecule has 0 spiro atoms. The lowest BCUT2D eigenvalue weighted by Gasteiger charge is -2.22. The Morgan fingerprint density at radius 2 is 2.07 bits per heavy atom. The molecule has 0 bridgehead atoms. The number of benzene rings is 2. The molecule has 0 radical (unpaired) electrons. The standard InChI is InChI=1S/C21H13ClN2O4S/c1-27-13-4-2-3-11(9-13)17-16-18(25)14-10-12(22)5-6-15(14)28-19(16)20(26)24(17)21-23-7-8-29-21/h2-10,17H,1H3/t17-/m0/s1. The molecule has 6 nitrogen and oxygen atoms in total. The molecule has 1 aliphatic heterocycles. The molecule has 5 rings (SSSR count). The zero-order valence-electron chi connectivity index (χ0n) is 15.1. The van der Waals surface area contributed by atoms with Gasteiger partial charge in [0.15, 0.2) is 10.6 Å². The van der Waals surface area contributed by atoms with E-state index in [2.05, 4.69) is 4.98 Å². The first-order valence-electron chi connectivity index (χ1n) is 8.71. The molecule has 2 aromatic heterocycles. The topological polar surface area (TPSA) is 72.6 Å². The van der Waals surface area contributed by atoms with E-state index in [0.29, 0.717) is 26.9 Å². The first-order valence-corrected chi connectivity index (χ1v) is 9.97. The van der Waals surface area contributed by atoms with Gasteiger partial charge in [-0.05, 0) is 35.9 Å². The molecule has 0 N–H and O–H groups in total. The number of ether oxygens (including phenoxy) is 1. The molecule has 144 valence electrons. The van der Waals surface area contributed by atoms with E-state index >= 15 is 0 Å². The van der Waals surface area contributed by atoms with Crippen molar-refractivity contribution < 1.29 is 13.9 Å². The van der Waals surface area contributed by atoms with Crippen molar-refractivity contribution >= 4 is 44.9 Å². The second-order valence-corrected chi connectivity index (χ2v) is 7.79. The summed E-state index contributed by atoms with van der Waals surface area (Å²) in [4.78, 5) is 32.5. The number of hydrogen-bond acceptors (Lipinski definition) is 6. The zero-order valence-corrected chi connectivity index (χ0v) is 16.7. The van der Waals surface area contributed by atoms with Gasteiger partial charge in [-0.3, -0.25) is 14.5 Å². The summed E-state index contributed by atoms with van der Waals surface area (Å²) >= 11 is 7.40. The van der Waals surface area contributed by atoms with Crippen LogP contribution in [0.2, 0.25) is 5.02 Å². The predicted molar refractivity (Wildman–Crippen MR) is 111 cm³/mol. The first-order chi connectivity index (χ1) is 14.1. The van der Waals surface area contributed by atoms with Gasteiger partial charge in [-0.1, -0.05) is 23.7 Å². The quantitative estimate of drug-likeness (QED) is 0.478. The van der Waals surface area contributed by atoms with Crippen molar-refractivity contribution in [1.29, 1.82) is 0 Å². The molecule has 3 heterocycles. The summed E-state index contributed by atoms with van der Waals surface area (Å²) < 4.78 is 11.2. The molecule has 29 heavy (non-hydrogen) atoms. The molecule has 1 atom stereocenters. The molecular weight excluding hydrogens is 412 g/mol. The van der Waals surface area contributed by atoms with Crippen LogP contribution in [0.3, 0.4) is 0 Å². The van der Waals surface area contributed by atoms with E-state index < -0.39 is 11.9 Å². The second kappa shape index (κ2) is 6.72. The lowest BCUT2D eigenvalue weighted by atomic mass is 9.98. The van der Waals surface area contributed by atoms with Gasteiger partial charge in [0.25, 0.3) is 5.91 Å². The van der Waals surface area contributed by atoms with Crippen molar-refractivity contribution in [2.75, 3.05) is 12.0 Å². The highest BCUT2D eigenvalue weighted by Gasteiger charge is 2.44. The van der Waals surface area contributed by atoms with Crippen LogP contribution in [0.5, 0.6) is 5.75 Å². The zero-order chi connectivity index (χ0) is 20.1. The molecule has 0 saturated heterocycles. The van der Waals surface area contributed by atoms with Crippen LogP contribution < -0.4 is 15.1 Å². The molecule has 0 fully saturated rings. The Bertz CT molecular complexity index is 1320. The third-order valence-electron chi connectivity index (χ3n) is 4.87. The van der Waals surface area contributed by atoms with Crippen molar-refractivity contribution in [3.8, 4) is 5.75 Å². The van der Waals surface area contributed by atoms with E-state index in [0.717, 1.165) is 5.56 Å². The van der Waals surface area contributed by atoms with Crippen molar-refractivity contribution in [1.82, 2.24) is 4.98 Å². The third-order valence-corrected chi connectivity index (χ3v) is 5.87. The number of anilines is 1. The van der Waals surface area contributed by atoms with Crippen molar-refractivity contribution in [2.24, 2.45) is 0 Å². The number of amides is 1. The van der Waals surface area contributed by atoms with E-state index in [9.17, 15) is 9.59 Å².